The molecule has 1 aliphatic rings. The van der Waals surface area contributed by atoms with Gasteiger partial charge in [-0.25, -0.2) is 9.18 Å². The van der Waals surface area contributed by atoms with Crippen LogP contribution in [0.15, 0.2) is 48.5 Å². The van der Waals surface area contributed by atoms with Gasteiger partial charge >= 0.3 is 5.97 Å². The maximum Gasteiger partial charge on any atom is 0.335 e. The number of likely N-dealkylation sites (N-methyl/N-ethyl adjacent to an activating group) is 1. The SMILES string of the molecule is CN(CC(O)c1ccc(C(=O)O)cc1)C(c1ccc(F)cc1)C1CC1. The average molecular weight is 343 g/mol. The zero-order chi connectivity index (χ0) is 18.0. The van der Waals surface area contributed by atoms with Crippen molar-refractivity contribution in [3.05, 3.63) is 71.0 Å². The summed E-state index contributed by atoms with van der Waals surface area (Å²) in [5, 5.41) is 19.5. The Kier molecular flexibility index (Phi) is 5.16. The van der Waals surface area contributed by atoms with E-state index in [0.717, 1.165) is 18.4 Å². The Bertz CT molecular complexity index is 726. The van der Waals surface area contributed by atoms with Crippen LogP contribution >= 0.6 is 0 Å². The quantitative estimate of drug-likeness (QED) is 0.806. The number of hydrogen-bond donors (Lipinski definition) is 2. The number of carboxylic acid groups (broad SMARTS) is 1. The van der Waals surface area contributed by atoms with E-state index in [1.165, 1.54) is 24.3 Å². The second kappa shape index (κ2) is 7.33. The minimum Gasteiger partial charge on any atom is -0.478 e. The van der Waals surface area contributed by atoms with E-state index in [1.54, 1.807) is 12.1 Å². The first kappa shape index (κ1) is 17.6. The van der Waals surface area contributed by atoms with Crippen molar-refractivity contribution in [2.24, 2.45) is 5.92 Å². The van der Waals surface area contributed by atoms with Crippen LogP contribution in [0.25, 0.3) is 0 Å². The number of aromatic carboxylic acids is 1. The number of hydrogen-bond acceptors (Lipinski definition) is 3. The lowest BCUT2D eigenvalue weighted by Crippen LogP contribution is -2.30. The van der Waals surface area contributed by atoms with E-state index >= 15 is 0 Å². The average Bonchev–Trinajstić information content (AvgIpc) is 3.41. The maximum atomic E-state index is 13.2. The van der Waals surface area contributed by atoms with Gasteiger partial charge in [-0.05, 0) is 61.2 Å². The van der Waals surface area contributed by atoms with Crippen LogP contribution in [0.3, 0.4) is 0 Å². The third kappa shape index (κ3) is 4.24. The molecule has 0 bridgehead atoms. The van der Waals surface area contributed by atoms with Gasteiger partial charge in [0.2, 0.25) is 0 Å². The highest BCUT2D eigenvalue weighted by atomic mass is 19.1. The van der Waals surface area contributed by atoms with Crippen LogP contribution in [0.4, 0.5) is 4.39 Å². The first-order chi connectivity index (χ1) is 12.0. The molecule has 5 heteroatoms. The fourth-order valence-corrected chi connectivity index (χ4v) is 3.30. The molecule has 0 radical (unpaired) electrons. The van der Waals surface area contributed by atoms with Crippen molar-refractivity contribution in [2.45, 2.75) is 25.0 Å². The van der Waals surface area contributed by atoms with Crippen LogP contribution in [0, 0.1) is 11.7 Å². The van der Waals surface area contributed by atoms with Crippen molar-refractivity contribution in [1.82, 2.24) is 4.90 Å². The lowest BCUT2D eigenvalue weighted by atomic mass is 9.99. The fraction of sp³-hybridized carbons (Fsp3) is 0.350. The molecular weight excluding hydrogens is 321 g/mol. The number of rotatable bonds is 7. The number of aliphatic hydroxyl groups excluding tert-OH is 1. The van der Waals surface area contributed by atoms with Gasteiger partial charge < -0.3 is 10.2 Å². The monoisotopic (exact) mass is 343 g/mol. The largest absolute Gasteiger partial charge is 0.478 e. The maximum absolute atomic E-state index is 13.2. The summed E-state index contributed by atoms with van der Waals surface area (Å²) in [6.45, 7) is 0.422. The van der Waals surface area contributed by atoms with E-state index in [1.807, 2.05) is 19.2 Å². The summed E-state index contributed by atoms with van der Waals surface area (Å²) in [6.07, 6.45) is 1.56. The Morgan fingerprint density at radius 1 is 1.12 bits per heavy atom. The molecular formula is C20H22FNO3. The summed E-state index contributed by atoms with van der Waals surface area (Å²) in [5.74, 6) is -0.709. The van der Waals surface area contributed by atoms with Crippen LogP contribution in [0.2, 0.25) is 0 Å². The molecule has 1 fully saturated rings. The van der Waals surface area contributed by atoms with Gasteiger partial charge in [0, 0.05) is 12.6 Å². The van der Waals surface area contributed by atoms with E-state index in [2.05, 4.69) is 4.90 Å². The second-order valence-electron chi connectivity index (χ2n) is 6.72. The van der Waals surface area contributed by atoms with E-state index in [0.29, 0.717) is 18.0 Å². The highest BCUT2D eigenvalue weighted by molar-refractivity contribution is 5.87. The molecule has 2 N–H and O–H groups in total. The molecule has 1 saturated carbocycles. The number of benzene rings is 2. The molecule has 2 aromatic carbocycles. The lowest BCUT2D eigenvalue weighted by molar-refractivity contribution is 0.0696. The highest BCUT2D eigenvalue weighted by Gasteiger charge is 2.35. The molecule has 0 saturated heterocycles. The Morgan fingerprint density at radius 3 is 2.20 bits per heavy atom. The molecule has 0 amide bonds. The van der Waals surface area contributed by atoms with Crippen LogP contribution < -0.4 is 0 Å². The zero-order valence-electron chi connectivity index (χ0n) is 14.1. The van der Waals surface area contributed by atoms with Gasteiger partial charge in [-0.1, -0.05) is 24.3 Å². The van der Waals surface area contributed by atoms with Crippen LogP contribution in [0.5, 0.6) is 0 Å². The van der Waals surface area contributed by atoms with Crippen LogP contribution in [0.1, 0.15) is 46.5 Å². The fourth-order valence-electron chi connectivity index (χ4n) is 3.30. The van der Waals surface area contributed by atoms with E-state index < -0.39 is 12.1 Å². The third-order valence-corrected chi connectivity index (χ3v) is 4.76. The molecule has 0 aromatic heterocycles. The van der Waals surface area contributed by atoms with E-state index in [4.69, 9.17) is 5.11 Å². The molecule has 2 unspecified atom stereocenters. The van der Waals surface area contributed by atoms with Crippen molar-refractivity contribution in [3.8, 4) is 0 Å². The van der Waals surface area contributed by atoms with Gasteiger partial charge in [0.15, 0.2) is 0 Å². The van der Waals surface area contributed by atoms with Gasteiger partial charge in [0.05, 0.1) is 11.7 Å². The molecule has 0 heterocycles. The van der Waals surface area contributed by atoms with Crippen molar-refractivity contribution >= 4 is 5.97 Å². The van der Waals surface area contributed by atoms with Gasteiger partial charge in [-0.3, -0.25) is 4.90 Å². The van der Waals surface area contributed by atoms with Crippen molar-refractivity contribution in [3.63, 3.8) is 0 Å². The van der Waals surface area contributed by atoms with Crippen molar-refractivity contribution in [2.75, 3.05) is 13.6 Å². The van der Waals surface area contributed by atoms with Gasteiger partial charge in [-0.2, -0.15) is 0 Å². The first-order valence-corrected chi connectivity index (χ1v) is 8.42. The predicted molar refractivity (Wildman–Crippen MR) is 92.9 cm³/mol. The van der Waals surface area contributed by atoms with Gasteiger partial charge in [0.25, 0.3) is 0 Å². The Balaban J connectivity index is 1.71. The summed E-state index contributed by atoms with van der Waals surface area (Å²) in [5.41, 5.74) is 1.94. The molecule has 3 rings (SSSR count). The van der Waals surface area contributed by atoms with E-state index in [9.17, 15) is 14.3 Å². The summed E-state index contributed by atoms with van der Waals surface area (Å²) in [4.78, 5) is 13.0. The summed E-state index contributed by atoms with van der Waals surface area (Å²) >= 11 is 0. The normalized spacial score (nSPS) is 16.6. The molecule has 1 aliphatic carbocycles. The zero-order valence-corrected chi connectivity index (χ0v) is 14.1. The Hall–Kier alpha value is -2.24. The molecule has 132 valence electrons. The number of nitrogens with zero attached hydrogens (tertiary/aromatic N) is 1. The van der Waals surface area contributed by atoms with E-state index in [-0.39, 0.29) is 17.4 Å². The third-order valence-electron chi connectivity index (χ3n) is 4.76. The smallest absolute Gasteiger partial charge is 0.335 e. The van der Waals surface area contributed by atoms with Gasteiger partial charge in [0.1, 0.15) is 5.82 Å². The lowest BCUT2D eigenvalue weighted by Gasteiger charge is -2.30. The first-order valence-electron chi connectivity index (χ1n) is 8.42. The summed E-state index contributed by atoms with van der Waals surface area (Å²) in [7, 11) is 1.96. The topological polar surface area (TPSA) is 60.8 Å². The highest BCUT2D eigenvalue weighted by Crippen LogP contribution is 2.44. The van der Waals surface area contributed by atoms with Crippen molar-refractivity contribution in [1.29, 1.82) is 0 Å². The molecule has 2 atom stereocenters. The molecule has 0 spiro atoms. The molecule has 25 heavy (non-hydrogen) atoms. The summed E-state index contributed by atoms with van der Waals surface area (Å²) < 4.78 is 13.2. The minimum atomic E-state index is -0.983. The van der Waals surface area contributed by atoms with Crippen LogP contribution in [-0.2, 0) is 0 Å². The molecule has 0 aliphatic heterocycles. The number of aliphatic hydroxyl groups is 1. The number of carboxylic acids is 1. The number of halogens is 1. The Morgan fingerprint density at radius 2 is 1.68 bits per heavy atom. The van der Waals surface area contributed by atoms with Gasteiger partial charge in [-0.15, -0.1) is 0 Å². The van der Waals surface area contributed by atoms with Crippen molar-refractivity contribution < 1.29 is 19.4 Å². The predicted octanol–water partition coefficient (Wildman–Crippen LogP) is 3.64. The minimum absolute atomic E-state index is 0.147. The second-order valence-corrected chi connectivity index (χ2v) is 6.72. The summed E-state index contributed by atoms with van der Waals surface area (Å²) in [6, 6.07) is 13.0. The van der Waals surface area contributed by atoms with Crippen LogP contribution in [-0.4, -0.2) is 34.7 Å². The number of carbonyl (C=O) groups is 1. The Labute approximate surface area is 146 Å². The molecule has 4 nitrogen and oxygen atoms in total. The molecule has 2 aromatic rings. The standard InChI is InChI=1S/C20H22FNO3/c1-22(12-18(23)13-2-6-16(7-3-13)20(24)25)19(14-4-5-14)15-8-10-17(21)11-9-15/h2-3,6-11,14,18-19,23H,4-5,12H2,1H3,(H,24,25).